The molecule has 1 aliphatic heterocycles. The molecule has 0 unspecified atom stereocenters. The molecule has 10 heteroatoms. The Morgan fingerprint density at radius 2 is 1.94 bits per heavy atom. The smallest absolute Gasteiger partial charge is 0.293 e. The Bertz CT molecular complexity index is 1120. The molecule has 0 spiro atoms. The second kappa shape index (κ2) is 9.63. The minimum absolute atomic E-state index is 0.0628. The van der Waals surface area contributed by atoms with E-state index in [1.165, 1.54) is 22.3 Å². The fourth-order valence-electron chi connectivity index (χ4n) is 4.30. The number of fused-ring (bicyclic) bond motifs is 1. The number of nitro benzene ring substituents is 1. The number of anilines is 2. The van der Waals surface area contributed by atoms with Crippen LogP contribution in [0.2, 0.25) is 0 Å². The minimum Gasteiger partial charge on any atom is -0.366 e. The number of aryl methyl sites for hydroxylation is 1. The van der Waals surface area contributed by atoms with E-state index < -0.39 is 10.8 Å². The number of piperidine rings is 1. The first kappa shape index (κ1) is 22.2. The van der Waals surface area contributed by atoms with Crippen LogP contribution >= 0.6 is 23.6 Å². The zero-order valence-corrected chi connectivity index (χ0v) is 19.1. The quantitative estimate of drug-likeness (QED) is 0.385. The fourth-order valence-corrected chi connectivity index (χ4v) is 5.80. The molecule has 1 aromatic carbocycles. The Kier molecular flexibility index (Phi) is 6.67. The highest BCUT2D eigenvalue weighted by Crippen LogP contribution is 2.37. The molecule has 0 atom stereocenters. The van der Waals surface area contributed by atoms with Crippen molar-refractivity contribution >= 4 is 51.0 Å². The van der Waals surface area contributed by atoms with Gasteiger partial charge in [-0.25, -0.2) is 0 Å². The number of thiocarbonyl (C=S) groups is 1. The predicted molar refractivity (Wildman–Crippen MR) is 129 cm³/mol. The molecule has 1 saturated heterocycles. The maximum absolute atomic E-state index is 12.7. The van der Waals surface area contributed by atoms with Gasteiger partial charge in [0.25, 0.3) is 11.6 Å². The van der Waals surface area contributed by atoms with E-state index >= 15 is 0 Å². The Morgan fingerprint density at radius 1 is 1.19 bits per heavy atom. The molecular formula is C22H23N5O3S2. The summed E-state index contributed by atoms with van der Waals surface area (Å²) in [5, 5.41) is 27.5. The molecule has 2 heterocycles. The summed E-state index contributed by atoms with van der Waals surface area (Å²) >= 11 is 6.78. The van der Waals surface area contributed by atoms with Crippen LogP contribution < -0.4 is 15.5 Å². The van der Waals surface area contributed by atoms with Gasteiger partial charge in [-0.2, -0.15) is 5.26 Å². The largest absolute Gasteiger partial charge is 0.366 e. The van der Waals surface area contributed by atoms with E-state index in [-0.39, 0.29) is 16.4 Å². The van der Waals surface area contributed by atoms with Crippen molar-refractivity contribution in [2.75, 3.05) is 23.3 Å². The number of carbonyl (C=O) groups excluding carboxylic acids is 1. The van der Waals surface area contributed by atoms with Gasteiger partial charge >= 0.3 is 0 Å². The number of benzene rings is 1. The zero-order valence-electron chi connectivity index (χ0n) is 17.5. The van der Waals surface area contributed by atoms with Gasteiger partial charge in [-0.3, -0.25) is 20.2 Å². The lowest BCUT2D eigenvalue weighted by molar-refractivity contribution is -0.384. The van der Waals surface area contributed by atoms with Crippen molar-refractivity contribution < 1.29 is 9.72 Å². The third-order valence-electron chi connectivity index (χ3n) is 5.87. The van der Waals surface area contributed by atoms with E-state index in [2.05, 4.69) is 16.7 Å². The summed E-state index contributed by atoms with van der Waals surface area (Å²) in [5.41, 5.74) is 2.27. The zero-order chi connectivity index (χ0) is 22.7. The summed E-state index contributed by atoms with van der Waals surface area (Å²) in [4.78, 5) is 27.1. The third-order valence-corrected chi connectivity index (χ3v) is 7.28. The lowest BCUT2D eigenvalue weighted by atomic mass is 9.96. The Labute approximate surface area is 195 Å². The number of amides is 1. The van der Waals surface area contributed by atoms with Crippen molar-refractivity contribution in [3.63, 3.8) is 0 Å². The lowest BCUT2D eigenvalue weighted by Crippen LogP contribution is -2.34. The summed E-state index contributed by atoms with van der Waals surface area (Å²) < 4.78 is 0. The van der Waals surface area contributed by atoms with E-state index in [1.807, 2.05) is 4.90 Å². The van der Waals surface area contributed by atoms with E-state index in [9.17, 15) is 20.2 Å². The van der Waals surface area contributed by atoms with E-state index in [0.717, 1.165) is 63.6 Å². The average molecular weight is 470 g/mol. The molecule has 1 amide bonds. The summed E-state index contributed by atoms with van der Waals surface area (Å²) in [6, 6.07) is 6.76. The Hall–Kier alpha value is -3.03. The molecule has 32 heavy (non-hydrogen) atoms. The molecule has 1 fully saturated rings. The summed E-state index contributed by atoms with van der Waals surface area (Å²) in [6.45, 7) is 1.54. The lowest BCUT2D eigenvalue weighted by Gasteiger charge is -2.28. The standard InChI is InChI=1S/C22H23N5O3S2/c23-13-16-15-6-2-3-7-19(15)32-21(16)25-22(31)24-20(28)14-8-9-17(18(12-14)27(29)30)26-10-4-1-5-11-26/h8-9,12H,1-7,10-11H2,(H2,24,25,28,31). The van der Waals surface area contributed by atoms with Crippen LogP contribution in [-0.2, 0) is 12.8 Å². The monoisotopic (exact) mass is 469 g/mol. The number of carbonyl (C=O) groups is 1. The van der Waals surface area contributed by atoms with Crippen LogP contribution in [0.1, 0.15) is 58.5 Å². The van der Waals surface area contributed by atoms with Gasteiger partial charge in [0, 0.05) is 29.6 Å². The highest BCUT2D eigenvalue weighted by atomic mass is 32.1. The highest BCUT2D eigenvalue weighted by molar-refractivity contribution is 7.80. The van der Waals surface area contributed by atoms with Gasteiger partial charge in [0.15, 0.2) is 5.11 Å². The van der Waals surface area contributed by atoms with Gasteiger partial charge in [0.05, 0.1) is 10.5 Å². The molecule has 0 bridgehead atoms. The first-order valence-electron chi connectivity index (χ1n) is 10.7. The van der Waals surface area contributed by atoms with Gasteiger partial charge in [-0.1, -0.05) is 0 Å². The van der Waals surface area contributed by atoms with Crippen molar-refractivity contribution in [1.82, 2.24) is 5.32 Å². The topological polar surface area (TPSA) is 111 Å². The van der Waals surface area contributed by atoms with Crippen LogP contribution in [0.4, 0.5) is 16.4 Å². The summed E-state index contributed by atoms with van der Waals surface area (Å²) in [5.74, 6) is -0.532. The number of nitrogens with one attached hydrogen (secondary N) is 2. The molecule has 0 radical (unpaired) electrons. The van der Waals surface area contributed by atoms with Gasteiger partial charge in [-0.15, -0.1) is 11.3 Å². The van der Waals surface area contributed by atoms with Gasteiger partial charge in [0.2, 0.25) is 0 Å². The number of nitriles is 1. The SMILES string of the molecule is N#Cc1c(NC(=S)NC(=O)c2ccc(N3CCCCC3)c([N+](=O)[O-])c2)sc2c1CCCC2. The molecule has 166 valence electrons. The molecule has 4 rings (SSSR count). The first-order chi connectivity index (χ1) is 15.5. The Morgan fingerprint density at radius 3 is 2.66 bits per heavy atom. The second-order valence-corrected chi connectivity index (χ2v) is 9.46. The number of nitro groups is 1. The van der Waals surface area contributed by atoms with Crippen molar-refractivity contribution in [2.24, 2.45) is 0 Å². The van der Waals surface area contributed by atoms with Crippen molar-refractivity contribution in [3.05, 3.63) is 49.9 Å². The van der Waals surface area contributed by atoms with E-state index in [4.69, 9.17) is 12.2 Å². The molecule has 0 saturated carbocycles. The molecule has 2 aromatic rings. The highest BCUT2D eigenvalue weighted by Gasteiger charge is 2.24. The van der Waals surface area contributed by atoms with Crippen molar-refractivity contribution in [3.8, 4) is 6.07 Å². The number of nitrogens with zero attached hydrogens (tertiary/aromatic N) is 3. The average Bonchev–Trinajstić information content (AvgIpc) is 3.15. The van der Waals surface area contributed by atoms with Crippen LogP contribution in [-0.4, -0.2) is 29.0 Å². The van der Waals surface area contributed by atoms with Crippen LogP contribution in [0.25, 0.3) is 0 Å². The number of hydrogen-bond acceptors (Lipinski definition) is 7. The maximum atomic E-state index is 12.7. The fraction of sp³-hybridized carbons (Fsp3) is 0.409. The van der Waals surface area contributed by atoms with Crippen LogP contribution in [0.5, 0.6) is 0 Å². The van der Waals surface area contributed by atoms with Crippen LogP contribution in [0.15, 0.2) is 18.2 Å². The Balaban J connectivity index is 1.48. The van der Waals surface area contributed by atoms with Crippen LogP contribution in [0.3, 0.4) is 0 Å². The van der Waals surface area contributed by atoms with Gasteiger partial charge < -0.3 is 10.2 Å². The molecule has 1 aliphatic carbocycles. The summed E-state index contributed by atoms with van der Waals surface area (Å²) in [6.07, 6.45) is 7.10. The van der Waals surface area contributed by atoms with E-state index in [0.29, 0.717) is 16.3 Å². The molecule has 1 aromatic heterocycles. The third kappa shape index (κ3) is 4.59. The molecule has 2 N–H and O–H groups in total. The minimum atomic E-state index is -0.532. The molecule has 2 aliphatic rings. The first-order valence-corrected chi connectivity index (χ1v) is 11.9. The molecular weight excluding hydrogens is 446 g/mol. The van der Waals surface area contributed by atoms with Crippen LogP contribution in [0, 0.1) is 21.4 Å². The van der Waals surface area contributed by atoms with Gasteiger partial charge in [-0.05, 0) is 74.9 Å². The number of thiophene rings is 1. The van der Waals surface area contributed by atoms with Gasteiger partial charge in [0.1, 0.15) is 16.8 Å². The molecule has 8 nitrogen and oxygen atoms in total. The normalized spacial score (nSPS) is 15.4. The number of rotatable bonds is 4. The van der Waals surface area contributed by atoms with Crippen molar-refractivity contribution in [2.45, 2.75) is 44.9 Å². The second-order valence-electron chi connectivity index (χ2n) is 7.94. The maximum Gasteiger partial charge on any atom is 0.293 e. The summed E-state index contributed by atoms with van der Waals surface area (Å²) in [7, 11) is 0. The predicted octanol–water partition coefficient (Wildman–Crippen LogP) is 4.52. The van der Waals surface area contributed by atoms with Crippen molar-refractivity contribution in [1.29, 1.82) is 5.26 Å². The van der Waals surface area contributed by atoms with E-state index in [1.54, 1.807) is 12.1 Å². The number of hydrogen-bond donors (Lipinski definition) is 2.